The van der Waals surface area contributed by atoms with Gasteiger partial charge in [0.2, 0.25) is 0 Å². The van der Waals surface area contributed by atoms with Gasteiger partial charge in [0.1, 0.15) is 11.6 Å². The molecule has 0 aliphatic rings. The summed E-state index contributed by atoms with van der Waals surface area (Å²) < 4.78 is 47.0. The van der Waals surface area contributed by atoms with Crippen LogP contribution in [0.5, 0.6) is 11.5 Å². The predicted molar refractivity (Wildman–Crippen MR) is 86.6 cm³/mol. The molecule has 0 radical (unpaired) electrons. The molecule has 0 unspecified atom stereocenters. The summed E-state index contributed by atoms with van der Waals surface area (Å²) in [5.74, 6) is -4.21. The second kappa shape index (κ2) is 7.12. The molecule has 0 saturated carbocycles. The van der Waals surface area contributed by atoms with E-state index in [0.717, 1.165) is 24.3 Å². The van der Waals surface area contributed by atoms with Crippen molar-refractivity contribution in [3.05, 3.63) is 63.6 Å². The maximum Gasteiger partial charge on any atom is 0.282 e. The van der Waals surface area contributed by atoms with Crippen LogP contribution in [0.25, 0.3) is 6.08 Å². The van der Waals surface area contributed by atoms with Gasteiger partial charge in [0.25, 0.3) is 5.69 Å². The second-order valence-corrected chi connectivity index (χ2v) is 5.26. The fraction of sp³-hybridized carbons (Fsp3) is 0.125. The summed E-state index contributed by atoms with van der Waals surface area (Å²) in [6.45, 7) is 0. The summed E-state index contributed by atoms with van der Waals surface area (Å²) >= 11 is 0. The molecular formula is C16H14F3N3O3. The van der Waals surface area contributed by atoms with Gasteiger partial charge in [-0.15, -0.1) is 0 Å². The quantitative estimate of drug-likeness (QED) is 0.500. The molecule has 2 rings (SSSR count). The fourth-order valence-electron chi connectivity index (χ4n) is 1.93. The molecule has 0 fully saturated rings. The normalized spacial score (nSPS) is 10.9. The number of halogens is 3. The molecule has 6 nitrogen and oxygen atoms in total. The SMILES string of the molecule is CN(C)/C=C/c1c([N+](=O)[O-])cc(F)c(Oc2ccc(F)c(N)c2)c1F. The number of nitrogens with two attached hydrogens (primary N) is 1. The lowest BCUT2D eigenvalue weighted by molar-refractivity contribution is -0.385. The first-order valence-corrected chi connectivity index (χ1v) is 6.94. The fourth-order valence-corrected chi connectivity index (χ4v) is 1.93. The van der Waals surface area contributed by atoms with E-state index in [1.54, 1.807) is 14.1 Å². The number of ether oxygens (including phenoxy) is 1. The molecule has 2 N–H and O–H groups in total. The van der Waals surface area contributed by atoms with Gasteiger partial charge in [0, 0.05) is 20.2 Å². The van der Waals surface area contributed by atoms with Gasteiger partial charge >= 0.3 is 0 Å². The minimum atomic E-state index is -1.27. The van der Waals surface area contributed by atoms with Crippen molar-refractivity contribution >= 4 is 17.5 Å². The lowest BCUT2D eigenvalue weighted by Crippen LogP contribution is -2.03. The largest absolute Gasteiger partial charge is 0.451 e. The van der Waals surface area contributed by atoms with Crippen LogP contribution in [0.15, 0.2) is 30.5 Å². The highest BCUT2D eigenvalue weighted by atomic mass is 19.1. The third-order valence-corrected chi connectivity index (χ3v) is 3.12. The molecule has 9 heteroatoms. The molecule has 0 aromatic heterocycles. The topological polar surface area (TPSA) is 81.6 Å². The lowest BCUT2D eigenvalue weighted by atomic mass is 10.1. The molecule has 0 atom stereocenters. The third-order valence-electron chi connectivity index (χ3n) is 3.12. The first-order valence-electron chi connectivity index (χ1n) is 6.94. The highest BCUT2D eigenvalue weighted by molar-refractivity contribution is 5.64. The maximum absolute atomic E-state index is 14.6. The van der Waals surface area contributed by atoms with Crippen molar-refractivity contribution in [2.45, 2.75) is 0 Å². The summed E-state index contributed by atoms with van der Waals surface area (Å²) in [5, 5.41) is 11.0. The van der Waals surface area contributed by atoms with Crippen LogP contribution < -0.4 is 10.5 Å². The number of nitrogens with zero attached hydrogens (tertiary/aromatic N) is 2. The molecule has 0 spiro atoms. The Labute approximate surface area is 141 Å². The van der Waals surface area contributed by atoms with E-state index in [4.69, 9.17) is 10.5 Å². The van der Waals surface area contributed by atoms with E-state index >= 15 is 0 Å². The van der Waals surface area contributed by atoms with Gasteiger partial charge in [-0.2, -0.15) is 0 Å². The summed E-state index contributed by atoms with van der Waals surface area (Å²) in [6, 6.07) is 3.70. The molecule has 0 bridgehead atoms. The molecule has 0 aliphatic heterocycles. The Morgan fingerprint density at radius 3 is 2.44 bits per heavy atom. The van der Waals surface area contributed by atoms with Crippen LogP contribution in [0.4, 0.5) is 24.5 Å². The van der Waals surface area contributed by atoms with E-state index in [1.165, 1.54) is 11.1 Å². The Hall–Kier alpha value is -3.23. The van der Waals surface area contributed by atoms with E-state index in [1.807, 2.05) is 0 Å². The van der Waals surface area contributed by atoms with E-state index in [-0.39, 0.29) is 11.4 Å². The first-order chi connectivity index (χ1) is 11.7. The Balaban J connectivity index is 2.56. The Kier molecular flexibility index (Phi) is 5.16. The molecule has 132 valence electrons. The zero-order chi connectivity index (χ0) is 18.7. The maximum atomic E-state index is 14.6. The van der Waals surface area contributed by atoms with Crippen molar-refractivity contribution in [3.8, 4) is 11.5 Å². The van der Waals surface area contributed by atoms with Gasteiger partial charge in [0.05, 0.1) is 22.2 Å². The Morgan fingerprint density at radius 1 is 1.20 bits per heavy atom. The van der Waals surface area contributed by atoms with Gasteiger partial charge in [0.15, 0.2) is 17.4 Å². The van der Waals surface area contributed by atoms with Crippen molar-refractivity contribution < 1.29 is 22.8 Å². The van der Waals surface area contributed by atoms with Gasteiger partial charge in [-0.25, -0.2) is 13.2 Å². The average molecular weight is 353 g/mol. The number of benzene rings is 2. The van der Waals surface area contributed by atoms with Crippen molar-refractivity contribution in [2.75, 3.05) is 19.8 Å². The Bertz CT molecular complexity index is 854. The minimum absolute atomic E-state index is 0.118. The lowest BCUT2D eigenvalue weighted by Gasteiger charge is -2.11. The second-order valence-electron chi connectivity index (χ2n) is 5.26. The number of nitro groups is 1. The number of hydrogen-bond donors (Lipinski definition) is 1. The van der Waals surface area contributed by atoms with E-state index in [0.29, 0.717) is 6.07 Å². The Morgan fingerprint density at radius 2 is 1.88 bits per heavy atom. The van der Waals surface area contributed by atoms with Gasteiger partial charge in [-0.05, 0) is 24.4 Å². The molecule has 2 aromatic rings. The third kappa shape index (κ3) is 4.00. The van der Waals surface area contributed by atoms with Crippen molar-refractivity contribution in [1.29, 1.82) is 0 Å². The zero-order valence-electron chi connectivity index (χ0n) is 13.3. The summed E-state index contributed by atoms with van der Waals surface area (Å²) in [5.41, 5.74) is 3.90. The van der Waals surface area contributed by atoms with E-state index in [9.17, 15) is 23.3 Å². The number of anilines is 1. The van der Waals surface area contributed by atoms with E-state index < -0.39 is 39.4 Å². The molecule has 25 heavy (non-hydrogen) atoms. The minimum Gasteiger partial charge on any atom is -0.451 e. The van der Waals surface area contributed by atoms with Crippen molar-refractivity contribution in [1.82, 2.24) is 4.90 Å². The van der Waals surface area contributed by atoms with Crippen LogP contribution >= 0.6 is 0 Å². The van der Waals surface area contributed by atoms with Gasteiger partial charge in [-0.1, -0.05) is 0 Å². The van der Waals surface area contributed by atoms with Crippen molar-refractivity contribution in [2.24, 2.45) is 0 Å². The summed E-state index contributed by atoms with van der Waals surface area (Å²) in [6.07, 6.45) is 2.49. The van der Waals surface area contributed by atoms with Crippen LogP contribution in [-0.2, 0) is 0 Å². The summed E-state index contributed by atoms with van der Waals surface area (Å²) in [4.78, 5) is 11.7. The molecule has 0 saturated heterocycles. The number of hydrogen-bond acceptors (Lipinski definition) is 5. The van der Waals surface area contributed by atoms with Crippen LogP contribution in [-0.4, -0.2) is 23.9 Å². The van der Waals surface area contributed by atoms with Gasteiger partial charge in [-0.3, -0.25) is 10.1 Å². The van der Waals surface area contributed by atoms with Crippen LogP contribution in [0.2, 0.25) is 0 Å². The molecule has 0 heterocycles. The van der Waals surface area contributed by atoms with Crippen LogP contribution in [0.1, 0.15) is 5.56 Å². The standard InChI is InChI=1S/C16H14F3N3O3/c1-21(2)6-5-10-14(22(23)24)8-12(18)16(15(10)19)25-9-3-4-11(17)13(20)7-9/h3-8H,20H2,1-2H3/b6-5+. The number of nitrogen functional groups attached to an aromatic ring is 1. The highest BCUT2D eigenvalue weighted by Crippen LogP contribution is 2.36. The molecule has 0 amide bonds. The van der Waals surface area contributed by atoms with Crippen LogP contribution in [0, 0.1) is 27.6 Å². The monoisotopic (exact) mass is 353 g/mol. The smallest absolute Gasteiger partial charge is 0.282 e. The van der Waals surface area contributed by atoms with Crippen LogP contribution in [0.3, 0.4) is 0 Å². The van der Waals surface area contributed by atoms with Gasteiger partial charge < -0.3 is 15.4 Å². The highest BCUT2D eigenvalue weighted by Gasteiger charge is 2.25. The molecule has 2 aromatic carbocycles. The number of nitro benzene ring substituents is 1. The number of rotatable bonds is 5. The zero-order valence-corrected chi connectivity index (χ0v) is 13.3. The van der Waals surface area contributed by atoms with E-state index in [2.05, 4.69) is 0 Å². The summed E-state index contributed by atoms with van der Waals surface area (Å²) in [7, 11) is 3.25. The molecule has 0 aliphatic carbocycles. The molecular weight excluding hydrogens is 339 g/mol. The predicted octanol–water partition coefficient (Wildman–Crippen LogP) is 3.92. The average Bonchev–Trinajstić information content (AvgIpc) is 2.53. The van der Waals surface area contributed by atoms with Crippen molar-refractivity contribution in [3.63, 3.8) is 0 Å². The first kappa shape index (κ1) is 18.1.